The second-order valence-corrected chi connectivity index (χ2v) is 16.0. The minimum atomic E-state index is -1.23. The highest BCUT2D eigenvalue weighted by molar-refractivity contribution is 6.09. The first kappa shape index (κ1) is 36.0. The number of likely N-dealkylation sites (tertiary alicyclic amines) is 2. The first-order valence-electron chi connectivity index (χ1n) is 18.9. The number of nitrogens with zero attached hydrogens (tertiary/aromatic N) is 4. The number of aromatic amines is 2. The van der Waals surface area contributed by atoms with E-state index in [1.165, 1.54) is 7.11 Å². The van der Waals surface area contributed by atoms with E-state index in [1.54, 1.807) is 4.90 Å². The second kappa shape index (κ2) is 14.0. The van der Waals surface area contributed by atoms with Crippen LogP contribution in [-0.4, -0.2) is 85.1 Å². The molecule has 0 bridgehead atoms. The van der Waals surface area contributed by atoms with Crippen molar-refractivity contribution in [2.75, 3.05) is 20.2 Å². The fraction of sp³-hybridized carbons (Fsp3) is 0.463. The average molecular weight is 736 g/mol. The molecule has 3 aliphatic heterocycles. The molecule has 3 aromatic carbocycles. The van der Waals surface area contributed by atoms with Crippen molar-refractivity contribution in [3.8, 4) is 28.1 Å². The maximum absolute atomic E-state index is 13.8. The van der Waals surface area contributed by atoms with E-state index in [0.717, 1.165) is 92.8 Å². The molecule has 2 aromatic heterocycles. The van der Waals surface area contributed by atoms with Crippen molar-refractivity contribution in [2.24, 2.45) is 5.92 Å². The number of rotatable bonds is 8. The smallest absolute Gasteiger partial charge is 0.410 e. The molecule has 5 heterocycles. The normalized spacial score (nSPS) is 19.6. The van der Waals surface area contributed by atoms with Gasteiger partial charge in [0.1, 0.15) is 29.6 Å². The van der Waals surface area contributed by atoms with Crippen LogP contribution in [0.5, 0.6) is 5.75 Å². The lowest BCUT2D eigenvalue weighted by Gasteiger charge is -2.31. The van der Waals surface area contributed by atoms with E-state index in [9.17, 15) is 14.7 Å². The van der Waals surface area contributed by atoms with Crippen LogP contribution in [0.1, 0.15) is 89.6 Å². The van der Waals surface area contributed by atoms with Gasteiger partial charge in [0.15, 0.2) is 0 Å². The molecule has 0 radical (unpaired) electrons. The van der Waals surface area contributed by atoms with E-state index < -0.39 is 18.1 Å². The third-order valence-corrected chi connectivity index (χ3v) is 10.8. The molecule has 2 unspecified atom stereocenters. The third-order valence-electron chi connectivity index (χ3n) is 10.8. The van der Waals surface area contributed by atoms with Gasteiger partial charge in [-0.05, 0) is 93.3 Å². The van der Waals surface area contributed by atoms with Gasteiger partial charge >= 0.3 is 6.09 Å². The van der Waals surface area contributed by atoms with Gasteiger partial charge in [0.2, 0.25) is 12.3 Å². The molecular formula is C41H49N7O6. The summed E-state index contributed by atoms with van der Waals surface area (Å²) in [5.74, 6) is 2.21. The minimum absolute atomic E-state index is 0.0512. The van der Waals surface area contributed by atoms with Gasteiger partial charge in [-0.25, -0.2) is 14.8 Å². The van der Waals surface area contributed by atoms with Crippen molar-refractivity contribution in [3.63, 3.8) is 0 Å². The number of hydrogen-bond donors (Lipinski definition) is 4. The number of aliphatic hydroxyl groups excluding tert-OH is 1. The van der Waals surface area contributed by atoms with Gasteiger partial charge in [-0.1, -0.05) is 32.0 Å². The van der Waals surface area contributed by atoms with Crippen molar-refractivity contribution in [1.82, 2.24) is 35.1 Å². The molecule has 5 aromatic rings. The number of aliphatic hydroxyl groups is 1. The van der Waals surface area contributed by atoms with Gasteiger partial charge in [0.25, 0.3) is 0 Å². The van der Waals surface area contributed by atoms with E-state index in [4.69, 9.17) is 24.2 Å². The molecular weight excluding hydrogens is 686 g/mol. The summed E-state index contributed by atoms with van der Waals surface area (Å²) in [5, 5.41) is 14.9. The van der Waals surface area contributed by atoms with E-state index in [1.807, 2.05) is 51.8 Å². The van der Waals surface area contributed by atoms with Gasteiger partial charge in [-0.15, -0.1) is 0 Å². The number of hydrogen-bond acceptors (Lipinski definition) is 9. The van der Waals surface area contributed by atoms with Crippen molar-refractivity contribution >= 4 is 33.8 Å². The number of methoxy groups -OCH3 is 1. The molecule has 2 amide bonds. The molecule has 0 spiro atoms. The number of amides is 2. The fourth-order valence-electron chi connectivity index (χ4n) is 8.20. The number of imidazole rings is 2. The number of benzene rings is 3. The van der Waals surface area contributed by atoms with E-state index >= 15 is 0 Å². The predicted molar refractivity (Wildman–Crippen MR) is 204 cm³/mol. The molecule has 13 heteroatoms. The van der Waals surface area contributed by atoms with E-state index in [0.29, 0.717) is 19.7 Å². The lowest BCUT2D eigenvalue weighted by Crippen LogP contribution is -2.52. The molecule has 284 valence electrons. The lowest BCUT2D eigenvalue weighted by molar-refractivity contribution is -0.145. The first-order valence-corrected chi connectivity index (χ1v) is 18.9. The quantitative estimate of drug-likeness (QED) is 0.124. The molecule has 2 saturated heterocycles. The Balaban J connectivity index is 1.05. The number of carbonyl (C=O) groups is 2. The summed E-state index contributed by atoms with van der Waals surface area (Å²) in [5.41, 5.74) is 6.27. The standard InChI is InChI=1S/C41H49N7O6/c1-22(2)33(46-39(50)52-6)38(49)47-17-7-10-32(47)37-43-29-16-15-28-26(34(29)45-37)13-14-27-25-12-11-23(19-24(25)21-53-35(27)28)30-20-42-36(44-30)31-9-8-18-48(31)40(51)54-41(3,4)5/h11-16,19-20,22,31-33,39,46,50H,7-10,17-18,21H2,1-6H3,(H,42,44)(H,43,45)/t31?,32-,33-,39?/m0/s1. The van der Waals surface area contributed by atoms with E-state index in [-0.39, 0.29) is 30.0 Å². The molecule has 3 aliphatic rings. The minimum Gasteiger partial charge on any atom is -0.488 e. The molecule has 2 fully saturated rings. The fourth-order valence-corrected chi connectivity index (χ4v) is 8.20. The maximum atomic E-state index is 13.8. The van der Waals surface area contributed by atoms with Crippen molar-refractivity contribution in [1.29, 1.82) is 0 Å². The number of aromatic nitrogens is 4. The summed E-state index contributed by atoms with van der Waals surface area (Å²) in [7, 11) is 1.40. The van der Waals surface area contributed by atoms with Gasteiger partial charge in [-0.2, -0.15) is 0 Å². The number of fused-ring (bicyclic) bond motifs is 7. The van der Waals surface area contributed by atoms with Gasteiger partial charge in [0.05, 0.1) is 41.0 Å². The molecule has 13 nitrogen and oxygen atoms in total. The van der Waals surface area contributed by atoms with Gasteiger partial charge in [0, 0.05) is 36.5 Å². The topological polar surface area (TPSA) is 158 Å². The zero-order valence-electron chi connectivity index (χ0n) is 31.7. The van der Waals surface area contributed by atoms with Crippen molar-refractivity contribution in [3.05, 3.63) is 65.9 Å². The zero-order valence-corrected chi connectivity index (χ0v) is 31.7. The van der Waals surface area contributed by atoms with Gasteiger partial charge < -0.3 is 34.2 Å². The van der Waals surface area contributed by atoms with Crippen molar-refractivity contribution in [2.45, 2.75) is 97.0 Å². The summed E-state index contributed by atoms with van der Waals surface area (Å²) in [6, 6.07) is 13.8. The highest BCUT2D eigenvalue weighted by atomic mass is 16.6. The van der Waals surface area contributed by atoms with Crippen LogP contribution in [0.3, 0.4) is 0 Å². The number of ether oxygens (including phenoxy) is 3. The van der Waals surface area contributed by atoms with Crippen LogP contribution >= 0.6 is 0 Å². The average Bonchev–Trinajstić information content (AvgIpc) is 3.97. The Hall–Kier alpha value is -4.98. The van der Waals surface area contributed by atoms with Crippen LogP contribution in [0.2, 0.25) is 0 Å². The molecule has 8 rings (SSSR count). The van der Waals surface area contributed by atoms with Crippen LogP contribution in [0.4, 0.5) is 4.79 Å². The molecule has 4 N–H and O–H groups in total. The summed E-state index contributed by atoms with van der Waals surface area (Å²) < 4.78 is 17.1. The van der Waals surface area contributed by atoms with Crippen LogP contribution < -0.4 is 10.1 Å². The number of H-pyrrole nitrogens is 2. The number of nitrogens with one attached hydrogen (secondary N) is 3. The highest BCUT2D eigenvalue weighted by Crippen LogP contribution is 2.45. The Morgan fingerprint density at radius 1 is 0.963 bits per heavy atom. The lowest BCUT2D eigenvalue weighted by atomic mass is 9.92. The molecule has 0 saturated carbocycles. The second-order valence-electron chi connectivity index (χ2n) is 16.0. The Morgan fingerprint density at radius 3 is 2.43 bits per heavy atom. The Morgan fingerprint density at radius 2 is 1.69 bits per heavy atom. The van der Waals surface area contributed by atoms with Crippen LogP contribution in [0.15, 0.2) is 48.7 Å². The summed E-state index contributed by atoms with van der Waals surface area (Å²) in [6.07, 6.45) is 3.69. The molecule has 0 aliphatic carbocycles. The maximum Gasteiger partial charge on any atom is 0.410 e. The Bertz CT molecular complexity index is 2220. The van der Waals surface area contributed by atoms with Crippen LogP contribution in [-0.2, 0) is 20.9 Å². The summed E-state index contributed by atoms with van der Waals surface area (Å²) in [4.78, 5) is 47.1. The monoisotopic (exact) mass is 735 g/mol. The Labute approximate surface area is 314 Å². The zero-order chi connectivity index (χ0) is 37.9. The first-order chi connectivity index (χ1) is 25.9. The predicted octanol–water partition coefficient (Wildman–Crippen LogP) is 6.94. The van der Waals surface area contributed by atoms with E-state index in [2.05, 4.69) is 51.7 Å². The third kappa shape index (κ3) is 6.58. The molecule has 54 heavy (non-hydrogen) atoms. The van der Waals surface area contributed by atoms with Crippen LogP contribution in [0, 0.1) is 5.92 Å². The Kier molecular flexibility index (Phi) is 9.35. The van der Waals surface area contributed by atoms with Gasteiger partial charge in [-0.3, -0.25) is 15.0 Å². The van der Waals surface area contributed by atoms with Crippen molar-refractivity contribution < 1.29 is 28.9 Å². The highest BCUT2D eigenvalue weighted by Gasteiger charge is 2.38. The summed E-state index contributed by atoms with van der Waals surface area (Å²) >= 11 is 0. The van der Waals surface area contributed by atoms with Crippen LogP contribution in [0.25, 0.3) is 44.2 Å². The SMILES string of the molecule is COC(O)N[C@H](C(=O)N1CCC[C@H]1c1nc2c(ccc3c4c(ccc32)-c2ccc(-c3cnc(C5CCCN5C(=O)OC(C)(C)C)[nH]3)cc2CO4)[nH]1)C(C)C. The molecule has 4 atom stereocenters. The number of carbonyl (C=O) groups excluding carboxylic acids is 2. The summed E-state index contributed by atoms with van der Waals surface area (Å²) in [6.45, 7) is 11.2. The largest absolute Gasteiger partial charge is 0.488 e.